The Balaban J connectivity index is 1.77. The Labute approximate surface area is 130 Å². The Morgan fingerprint density at radius 1 is 1.27 bits per heavy atom. The van der Waals surface area contributed by atoms with Crippen molar-refractivity contribution in [3.8, 4) is 5.69 Å². The third kappa shape index (κ3) is 2.98. The number of piperidine rings is 1. The van der Waals surface area contributed by atoms with Gasteiger partial charge in [0.2, 0.25) is 0 Å². The van der Waals surface area contributed by atoms with Crippen LogP contribution in [0.15, 0.2) is 42.7 Å². The van der Waals surface area contributed by atoms with E-state index >= 15 is 0 Å². The molecule has 5 heteroatoms. The molecule has 3 rings (SSSR count). The highest BCUT2D eigenvalue weighted by atomic mass is 16.2. The molecule has 0 saturated carbocycles. The summed E-state index contributed by atoms with van der Waals surface area (Å²) in [6.07, 6.45) is 5.73. The highest BCUT2D eigenvalue weighted by Crippen LogP contribution is 2.24. The highest BCUT2D eigenvalue weighted by Gasteiger charge is 2.27. The van der Waals surface area contributed by atoms with Crippen molar-refractivity contribution in [2.45, 2.75) is 32.7 Å². The van der Waals surface area contributed by atoms with Gasteiger partial charge in [-0.2, -0.15) is 5.10 Å². The topological polar surface area (TPSA) is 50.2 Å². The van der Waals surface area contributed by atoms with Crippen molar-refractivity contribution in [3.05, 3.63) is 42.7 Å². The molecule has 1 aromatic heterocycles. The molecule has 0 radical (unpaired) electrons. The lowest BCUT2D eigenvalue weighted by atomic mass is 9.94. The number of aromatic nitrogens is 2. The molecular formula is C17H22N4O. The van der Waals surface area contributed by atoms with Gasteiger partial charge in [-0.15, -0.1) is 0 Å². The second-order valence-electron chi connectivity index (χ2n) is 6.07. The van der Waals surface area contributed by atoms with Gasteiger partial charge in [-0.05, 0) is 43.9 Å². The first-order valence-corrected chi connectivity index (χ1v) is 7.82. The van der Waals surface area contributed by atoms with E-state index in [0.717, 1.165) is 30.8 Å². The maximum absolute atomic E-state index is 12.6. The molecule has 1 fully saturated rings. The first kappa shape index (κ1) is 14.6. The van der Waals surface area contributed by atoms with E-state index in [0.29, 0.717) is 5.92 Å². The zero-order valence-electron chi connectivity index (χ0n) is 13.1. The Morgan fingerprint density at radius 2 is 2.09 bits per heavy atom. The average molecular weight is 298 g/mol. The minimum Gasteiger partial charge on any atom is -0.322 e. The van der Waals surface area contributed by atoms with Gasteiger partial charge in [-0.3, -0.25) is 0 Å². The van der Waals surface area contributed by atoms with Crippen LogP contribution in [0.25, 0.3) is 5.69 Å². The zero-order valence-corrected chi connectivity index (χ0v) is 13.1. The average Bonchev–Trinajstić information content (AvgIpc) is 3.01. The van der Waals surface area contributed by atoms with Gasteiger partial charge >= 0.3 is 6.03 Å². The maximum Gasteiger partial charge on any atom is 0.322 e. The molecule has 0 spiro atoms. The molecule has 2 atom stereocenters. The van der Waals surface area contributed by atoms with Crippen molar-refractivity contribution < 1.29 is 4.79 Å². The second kappa shape index (κ2) is 6.22. The summed E-state index contributed by atoms with van der Waals surface area (Å²) in [5.41, 5.74) is 1.65. The van der Waals surface area contributed by atoms with Crippen molar-refractivity contribution in [2.24, 2.45) is 5.92 Å². The first-order chi connectivity index (χ1) is 10.6. The number of anilines is 1. The summed E-state index contributed by atoms with van der Waals surface area (Å²) >= 11 is 0. The Bertz CT molecular complexity index is 638. The summed E-state index contributed by atoms with van der Waals surface area (Å²) in [5, 5.41) is 7.28. The van der Waals surface area contributed by atoms with Crippen LogP contribution < -0.4 is 5.32 Å². The van der Waals surface area contributed by atoms with Crippen LogP contribution in [0.3, 0.4) is 0 Å². The summed E-state index contributed by atoms with van der Waals surface area (Å²) in [6.45, 7) is 5.19. The van der Waals surface area contributed by atoms with Crippen molar-refractivity contribution in [2.75, 3.05) is 11.9 Å². The molecule has 116 valence electrons. The summed E-state index contributed by atoms with van der Waals surface area (Å²) in [5.74, 6) is 0.690. The standard InChI is InChI=1S/C17H22N4O/c1-13-8-11-20(14(2)12-13)17(22)19-15-6-3-4-7-16(15)21-10-5-9-18-21/h3-7,9-10,13-14H,8,11-12H2,1-2H3,(H,19,22)/t13-,14-/m0/s1. The van der Waals surface area contributed by atoms with Gasteiger partial charge in [0.25, 0.3) is 0 Å². The number of hydrogen-bond donors (Lipinski definition) is 1. The van der Waals surface area contributed by atoms with E-state index in [1.54, 1.807) is 10.9 Å². The second-order valence-corrected chi connectivity index (χ2v) is 6.07. The molecule has 2 aromatic rings. The van der Waals surface area contributed by atoms with E-state index in [4.69, 9.17) is 0 Å². The Hall–Kier alpha value is -2.30. The number of urea groups is 1. The minimum atomic E-state index is -0.0287. The highest BCUT2D eigenvalue weighted by molar-refractivity contribution is 5.91. The number of benzene rings is 1. The van der Waals surface area contributed by atoms with Crippen LogP contribution in [0.2, 0.25) is 0 Å². The van der Waals surface area contributed by atoms with E-state index in [2.05, 4.69) is 24.3 Å². The van der Waals surface area contributed by atoms with Crippen LogP contribution in [-0.4, -0.2) is 33.3 Å². The molecule has 0 bridgehead atoms. The number of likely N-dealkylation sites (tertiary alicyclic amines) is 1. The van der Waals surface area contributed by atoms with Gasteiger partial charge in [0.05, 0.1) is 11.4 Å². The van der Waals surface area contributed by atoms with Gasteiger partial charge in [-0.1, -0.05) is 19.1 Å². The number of carbonyl (C=O) groups is 1. The van der Waals surface area contributed by atoms with Crippen LogP contribution in [0.1, 0.15) is 26.7 Å². The van der Waals surface area contributed by atoms with E-state index in [9.17, 15) is 4.79 Å². The molecular weight excluding hydrogens is 276 g/mol. The van der Waals surface area contributed by atoms with Gasteiger partial charge in [0.15, 0.2) is 0 Å². The molecule has 0 unspecified atom stereocenters. The first-order valence-electron chi connectivity index (χ1n) is 7.82. The van der Waals surface area contributed by atoms with Crippen LogP contribution >= 0.6 is 0 Å². The number of amides is 2. The van der Waals surface area contributed by atoms with Gasteiger partial charge in [0, 0.05) is 25.0 Å². The van der Waals surface area contributed by atoms with E-state index in [1.807, 2.05) is 41.4 Å². The van der Waals surface area contributed by atoms with Crippen LogP contribution in [0, 0.1) is 5.92 Å². The van der Waals surface area contributed by atoms with Crippen LogP contribution in [0.5, 0.6) is 0 Å². The molecule has 2 amide bonds. The summed E-state index contributed by atoms with van der Waals surface area (Å²) in [4.78, 5) is 14.5. The zero-order chi connectivity index (χ0) is 15.5. The Morgan fingerprint density at radius 3 is 2.82 bits per heavy atom. The van der Waals surface area contributed by atoms with Gasteiger partial charge in [-0.25, -0.2) is 9.48 Å². The maximum atomic E-state index is 12.6. The summed E-state index contributed by atoms with van der Waals surface area (Å²) in [6, 6.07) is 9.84. The third-order valence-corrected chi connectivity index (χ3v) is 4.30. The molecule has 1 N–H and O–H groups in total. The van der Waals surface area contributed by atoms with Crippen molar-refractivity contribution in [1.82, 2.24) is 14.7 Å². The fourth-order valence-electron chi connectivity index (χ4n) is 3.09. The van der Waals surface area contributed by atoms with E-state index in [1.165, 1.54) is 0 Å². The van der Waals surface area contributed by atoms with Crippen molar-refractivity contribution in [1.29, 1.82) is 0 Å². The molecule has 22 heavy (non-hydrogen) atoms. The van der Waals surface area contributed by atoms with Crippen LogP contribution in [-0.2, 0) is 0 Å². The smallest absolute Gasteiger partial charge is 0.322 e. The lowest BCUT2D eigenvalue weighted by Gasteiger charge is -2.36. The minimum absolute atomic E-state index is 0.0287. The molecule has 5 nitrogen and oxygen atoms in total. The lowest BCUT2D eigenvalue weighted by molar-refractivity contribution is 0.150. The molecule has 2 heterocycles. The number of para-hydroxylation sites is 2. The quantitative estimate of drug-likeness (QED) is 0.922. The summed E-state index contributed by atoms with van der Waals surface area (Å²) < 4.78 is 1.76. The molecule has 1 aromatic carbocycles. The predicted molar refractivity (Wildman–Crippen MR) is 87.1 cm³/mol. The summed E-state index contributed by atoms with van der Waals surface area (Å²) in [7, 11) is 0. The number of nitrogens with zero attached hydrogens (tertiary/aromatic N) is 3. The Kier molecular flexibility index (Phi) is 4.13. The van der Waals surface area contributed by atoms with E-state index < -0.39 is 0 Å². The third-order valence-electron chi connectivity index (χ3n) is 4.30. The predicted octanol–water partition coefficient (Wildman–Crippen LogP) is 3.52. The fraction of sp³-hybridized carbons (Fsp3) is 0.412. The SMILES string of the molecule is C[C@H]1CCN(C(=O)Nc2ccccc2-n2cccn2)[C@@H](C)C1. The largest absolute Gasteiger partial charge is 0.322 e. The van der Waals surface area contributed by atoms with Crippen LogP contribution in [0.4, 0.5) is 10.5 Å². The molecule has 1 aliphatic heterocycles. The number of hydrogen-bond acceptors (Lipinski definition) is 2. The molecule has 1 saturated heterocycles. The van der Waals surface area contributed by atoms with Crippen molar-refractivity contribution in [3.63, 3.8) is 0 Å². The van der Waals surface area contributed by atoms with Crippen molar-refractivity contribution >= 4 is 11.7 Å². The fourth-order valence-corrected chi connectivity index (χ4v) is 3.09. The molecule has 0 aliphatic carbocycles. The number of rotatable bonds is 2. The van der Waals surface area contributed by atoms with E-state index in [-0.39, 0.29) is 12.1 Å². The van der Waals surface area contributed by atoms with Gasteiger partial charge < -0.3 is 10.2 Å². The molecule has 1 aliphatic rings. The number of carbonyl (C=O) groups excluding carboxylic acids is 1. The number of nitrogens with one attached hydrogen (secondary N) is 1. The normalized spacial score (nSPS) is 21.6. The van der Waals surface area contributed by atoms with Gasteiger partial charge in [0.1, 0.15) is 0 Å². The lowest BCUT2D eigenvalue weighted by Crippen LogP contribution is -2.46. The monoisotopic (exact) mass is 298 g/mol.